The lowest BCUT2D eigenvalue weighted by molar-refractivity contribution is -0.152. The normalized spacial score (nSPS) is 19.1. The highest BCUT2D eigenvalue weighted by Gasteiger charge is 2.44. The number of aryl methyl sites for hydroxylation is 2. The SMILES string of the molecule is Cc1cccc(NC(=O)[C@@H](O)[C@H](O)C(=O)N2CCC3(CC2)Cc2cn(C)nc2C(=O)N3)c1. The van der Waals surface area contributed by atoms with Gasteiger partial charge in [0.25, 0.3) is 17.7 Å². The monoisotopic (exact) mass is 441 g/mol. The Bertz CT molecular complexity index is 1060. The molecule has 3 heterocycles. The first-order valence-corrected chi connectivity index (χ1v) is 10.5. The summed E-state index contributed by atoms with van der Waals surface area (Å²) in [6.45, 7) is 2.44. The minimum atomic E-state index is -1.90. The summed E-state index contributed by atoms with van der Waals surface area (Å²) in [4.78, 5) is 38.9. The van der Waals surface area contributed by atoms with Crippen molar-refractivity contribution in [2.75, 3.05) is 18.4 Å². The summed E-state index contributed by atoms with van der Waals surface area (Å²) in [5.41, 5.74) is 2.21. The molecule has 2 aliphatic rings. The summed E-state index contributed by atoms with van der Waals surface area (Å²) in [7, 11) is 1.77. The fourth-order valence-electron chi connectivity index (χ4n) is 4.43. The summed E-state index contributed by atoms with van der Waals surface area (Å²) in [5, 5.41) is 30.3. The maximum Gasteiger partial charge on any atom is 0.272 e. The molecular formula is C22H27N5O5. The maximum absolute atomic E-state index is 12.7. The highest BCUT2D eigenvalue weighted by atomic mass is 16.3. The largest absolute Gasteiger partial charge is 0.380 e. The zero-order chi connectivity index (χ0) is 23.0. The number of nitrogens with one attached hydrogen (secondary N) is 2. The number of aliphatic hydroxyl groups is 2. The quantitative estimate of drug-likeness (QED) is 0.516. The van der Waals surface area contributed by atoms with Gasteiger partial charge in [0.15, 0.2) is 17.9 Å². The Hall–Kier alpha value is -3.24. The highest BCUT2D eigenvalue weighted by Crippen LogP contribution is 2.31. The van der Waals surface area contributed by atoms with Gasteiger partial charge in [0.05, 0.1) is 0 Å². The third kappa shape index (κ3) is 4.23. The third-order valence-electron chi connectivity index (χ3n) is 6.17. The average Bonchev–Trinajstić information content (AvgIpc) is 3.13. The van der Waals surface area contributed by atoms with Crippen LogP contribution in [0.25, 0.3) is 0 Å². The van der Waals surface area contributed by atoms with E-state index in [1.54, 1.807) is 29.9 Å². The van der Waals surface area contributed by atoms with Gasteiger partial charge in [0.1, 0.15) is 0 Å². The number of aliphatic hydroxyl groups excluding tert-OH is 2. The number of carbonyl (C=O) groups is 3. The molecule has 1 saturated heterocycles. The van der Waals surface area contributed by atoms with Gasteiger partial charge < -0.3 is 25.7 Å². The fourth-order valence-corrected chi connectivity index (χ4v) is 4.43. The van der Waals surface area contributed by atoms with Crippen LogP contribution >= 0.6 is 0 Å². The molecule has 0 unspecified atom stereocenters. The molecule has 2 atom stereocenters. The molecule has 3 amide bonds. The van der Waals surface area contributed by atoms with Crippen LogP contribution in [0.1, 0.15) is 34.5 Å². The number of nitrogens with zero attached hydrogens (tertiary/aromatic N) is 3. The molecule has 10 nitrogen and oxygen atoms in total. The van der Waals surface area contributed by atoms with Crippen LogP contribution in [0.4, 0.5) is 5.69 Å². The van der Waals surface area contributed by atoms with Crippen LogP contribution in [-0.4, -0.2) is 73.5 Å². The molecule has 4 N–H and O–H groups in total. The molecule has 4 rings (SSSR count). The molecule has 1 aromatic heterocycles. The topological polar surface area (TPSA) is 137 Å². The zero-order valence-electron chi connectivity index (χ0n) is 18.0. The van der Waals surface area contributed by atoms with Crippen molar-refractivity contribution in [3.63, 3.8) is 0 Å². The second-order valence-corrected chi connectivity index (χ2v) is 8.66. The summed E-state index contributed by atoms with van der Waals surface area (Å²) >= 11 is 0. The van der Waals surface area contributed by atoms with Crippen LogP contribution in [-0.2, 0) is 23.1 Å². The van der Waals surface area contributed by atoms with Gasteiger partial charge in [-0.3, -0.25) is 19.1 Å². The Morgan fingerprint density at radius 3 is 2.62 bits per heavy atom. The van der Waals surface area contributed by atoms with E-state index in [-0.39, 0.29) is 19.0 Å². The summed E-state index contributed by atoms with van der Waals surface area (Å²) < 4.78 is 1.61. The lowest BCUT2D eigenvalue weighted by Gasteiger charge is -2.44. The van der Waals surface area contributed by atoms with Gasteiger partial charge in [-0.1, -0.05) is 12.1 Å². The zero-order valence-corrected chi connectivity index (χ0v) is 18.0. The molecule has 170 valence electrons. The molecule has 1 spiro atoms. The van der Waals surface area contributed by atoms with Crippen LogP contribution in [0, 0.1) is 6.92 Å². The maximum atomic E-state index is 12.7. The van der Waals surface area contributed by atoms with E-state index in [2.05, 4.69) is 15.7 Å². The second kappa shape index (κ2) is 8.36. The first-order chi connectivity index (χ1) is 15.2. The van der Waals surface area contributed by atoms with E-state index < -0.39 is 29.6 Å². The van der Waals surface area contributed by atoms with E-state index in [1.807, 2.05) is 19.2 Å². The predicted molar refractivity (Wildman–Crippen MR) is 115 cm³/mol. The summed E-state index contributed by atoms with van der Waals surface area (Å²) in [5.74, 6) is -1.79. The van der Waals surface area contributed by atoms with E-state index >= 15 is 0 Å². The Morgan fingerprint density at radius 2 is 1.94 bits per heavy atom. The molecule has 1 fully saturated rings. The Labute approximate surface area is 185 Å². The Kier molecular flexibility index (Phi) is 5.74. The number of fused-ring (bicyclic) bond motifs is 1. The van der Waals surface area contributed by atoms with Crippen molar-refractivity contribution in [1.82, 2.24) is 20.0 Å². The summed E-state index contributed by atoms with van der Waals surface area (Å²) in [6, 6.07) is 6.98. The van der Waals surface area contributed by atoms with E-state index in [0.717, 1.165) is 11.1 Å². The lowest BCUT2D eigenvalue weighted by Crippen LogP contribution is -2.61. The molecule has 2 aliphatic heterocycles. The highest BCUT2D eigenvalue weighted by molar-refractivity contribution is 5.98. The number of rotatable bonds is 4. The van der Waals surface area contributed by atoms with E-state index in [4.69, 9.17) is 0 Å². The number of hydrogen-bond acceptors (Lipinski definition) is 6. The minimum Gasteiger partial charge on any atom is -0.380 e. The van der Waals surface area contributed by atoms with Gasteiger partial charge in [-0.25, -0.2) is 0 Å². The standard InChI is InChI=1S/C22H27N5O5/c1-13-4-3-5-15(10-13)23-20(31)17(28)18(29)21(32)27-8-6-22(7-9-27)11-14-12-26(2)25-16(14)19(30)24-22/h3-5,10,12,17-18,28-29H,6-9,11H2,1-2H3,(H,23,31)(H,24,30)/t17-,18-/m0/s1. The number of likely N-dealkylation sites (tertiary alicyclic amines) is 1. The molecule has 10 heteroatoms. The van der Waals surface area contributed by atoms with Crippen LogP contribution < -0.4 is 10.6 Å². The molecule has 0 bridgehead atoms. The van der Waals surface area contributed by atoms with E-state index in [1.165, 1.54) is 4.90 Å². The number of benzene rings is 1. The van der Waals surface area contributed by atoms with Gasteiger partial charge in [-0.15, -0.1) is 0 Å². The number of carbonyl (C=O) groups excluding carboxylic acids is 3. The van der Waals surface area contributed by atoms with Gasteiger partial charge >= 0.3 is 0 Å². The molecule has 0 radical (unpaired) electrons. The van der Waals surface area contributed by atoms with Gasteiger partial charge in [-0.2, -0.15) is 5.10 Å². The average molecular weight is 441 g/mol. The van der Waals surface area contributed by atoms with Crippen molar-refractivity contribution in [2.24, 2.45) is 7.05 Å². The van der Waals surface area contributed by atoms with Crippen molar-refractivity contribution >= 4 is 23.4 Å². The van der Waals surface area contributed by atoms with Crippen molar-refractivity contribution in [3.8, 4) is 0 Å². The first-order valence-electron chi connectivity index (χ1n) is 10.5. The summed E-state index contributed by atoms with van der Waals surface area (Å²) in [6.07, 6.45) is -0.325. The van der Waals surface area contributed by atoms with Crippen molar-refractivity contribution < 1.29 is 24.6 Å². The van der Waals surface area contributed by atoms with Crippen molar-refractivity contribution in [2.45, 2.75) is 43.9 Å². The molecular weight excluding hydrogens is 414 g/mol. The van der Waals surface area contributed by atoms with Crippen molar-refractivity contribution in [3.05, 3.63) is 47.3 Å². The first kappa shape index (κ1) is 22.0. The third-order valence-corrected chi connectivity index (χ3v) is 6.17. The van der Waals surface area contributed by atoms with Crippen LogP contribution in [0.2, 0.25) is 0 Å². The Balaban J connectivity index is 1.35. The minimum absolute atomic E-state index is 0.227. The Morgan fingerprint density at radius 1 is 1.22 bits per heavy atom. The number of anilines is 1. The second-order valence-electron chi connectivity index (χ2n) is 8.66. The number of hydrogen-bond donors (Lipinski definition) is 4. The number of piperidine rings is 1. The molecule has 0 saturated carbocycles. The number of aromatic nitrogens is 2. The van der Waals surface area contributed by atoms with Crippen LogP contribution in [0.5, 0.6) is 0 Å². The number of amides is 3. The smallest absolute Gasteiger partial charge is 0.272 e. The van der Waals surface area contributed by atoms with Gasteiger partial charge in [0.2, 0.25) is 0 Å². The van der Waals surface area contributed by atoms with E-state index in [9.17, 15) is 24.6 Å². The lowest BCUT2D eigenvalue weighted by atomic mass is 9.79. The fraction of sp³-hybridized carbons (Fsp3) is 0.455. The van der Waals surface area contributed by atoms with Gasteiger partial charge in [0, 0.05) is 43.1 Å². The van der Waals surface area contributed by atoms with E-state index in [0.29, 0.717) is 30.6 Å². The molecule has 32 heavy (non-hydrogen) atoms. The molecule has 0 aliphatic carbocycles. The van der Waals surface area contributed by atoms with Crippen molar-refractivity contribution in [1.29, 1.82) is 0 Å². The predicted octanol–water partition coefficient (Wildman–Crippen LogP) is -0.264. The molecule has 1 aromatic carbocycles. The molecule has 2 aromatic rings. The van der Waals surface area contributed by atoms with Gasteiger partial charge in [-0.05, 0) is 43.9 Å². The van der Waals surface area contributed by atoms with Crippen LogP contribution in [0.15, 0.2) is 30.5 Å². The van der Waals surface area contributed by atoms with Crippen LogP contribution in [0.3, 0.4) is 0 Å².